The molecule has 5 heteroatoms. The third-order valence-electron chi connectivity index (χ3n) is 3.44. The lowest BCUT2D eigenvalue weighted by Gasteiger charge is -2.41. The summed E-state index contributed by atoms with van der Waals surface area (Å²) in [5, 5.41) is 0. The maximum atomic E-state index is 12.4. The van der Waals surface area contributed by atoms with Gasteiger partial charge in [0.2, 0.25) is 0 Å². The number of likely N-dealkylation sites (tertiary alicyclic amines) is 1. The van der Waals surface area contributed by atoms with Crippen molar-refractivity contribution in [2.24, 2.45) is 0 Å². The highest BCUT2D eigenvalue weighted by molar-refractivity contribution is 5.82. The van der Waals surface area contributed by atoms with E-state index in [-0.39, 0.29) is 12.0 Å². The fourth-order valence-corrected chi connectivity index (χ4v) is 2.65. The van der Waals surface area contributed by atoms with E-state index in [0.717, 1.165) is 25.7 Å². The number of carbonyl (C=O) groups excluding carboxylic acids is 2. The summed E-state index contributed by atoms with van der Waals surface area (Å²) in [5.41, 5.74) is -0.564. The highest BCUT2D eigenvalue weighted by atomic mass is 16.6. The minimum atomic E-state index is -0.564. The van der Waals surface area contributed by atoms with Gasteiger partial charge in [0.15, 0.2) is 0 Å². The lowest BCUT2D eigenvalue weighted by atomic mass is 9.93. The minimum absolute atomic E-state index is 0.0627. The number of hydrogen-bond donors (Lipinski definition) is 0. The number of methoxy groups -OCH3 is 1. The molecule has 1 amide bonds. The summed E-state index contributed by atoms with van der Waals surface area (Å²) in [5.74, 6) is -0.350. The zero-order valence-corrected chi connectivity index (χ0v) is 13.3. The Kier molecular flexibility index (Phi) is 5.84. The van der Waals surface area contributed by atoms with Gasteiger partial charge in [0.05, 0.1) is 7.11 Å². The lowest BCUT2D eigenvalue weighted by molar-refractivity contribution is -0.149. The van der Waals surface area contributed by atoms with Crippen LogP contribution >= 0.6 is 0 Å². The molecule has 1 aliphatic heterocycles. The highest BCUT2D eigenvalue weighted by Gasteiger charge is 2.40. The molecule has 0 aromatic rings. The van der Waals surface area contributed by atoms with Crippen molar-refractivity contribution in [3.05, 3.63) is 0 Å². The van der Waals surface area contributed by atoms with E-state index in [9.17, 15) is 9.59 Å². The maximum absolute atomic E-state index is 12.4. The summed E-state index contributed by atoms with van der Waals surface area (Å²) in [6.45, 7) is 7.57. The van der Waals surface area contributed by atoms with Crippen LogP contribution in [0.5, 0.6) is 0 Å². The van der Waals surface area contributed by atoms with Crippen molar-refractivity contribution in [1.82, 2.24) is 4.90 Å². The van der Waals surface area contributed by atoms with Crippen molar-refractivity contribution in [3.63, 3.8) is 0 Å². The highest BCUT2D eigenvalue weighted by Crippen LogP contribution is 2.28. The first-order valence-electron chi connectivity index (χ1n) is 7.39. The molecule has 0 bridgehead atoms. The Morgan fingerprint density at radius 2 is 1.90 bits per heavy atom. The summed E-state index contributed by atoms with van der Waals surface area (Å²) >= 11 is 0. The first-order valence-corrected chi connectivity index (χ1v) is 7.39. The zero-order chi connectivity index (χ0) is 15.3. The predicted molar refractivity (Wildman–Crippen MR) is 76.4 cm³/mol. The van der Waals surface area contributed by atoms with Crippen LogP contribution in [0.1, 0.15) is 59.8 Å². The van der Waals surface area contributed by atoms with E-state index in [1.54, 1.807) is 4.90 Å². The fraction of sp³-hybridized carbons (Fsp3) is 0.867. The molecule has 1 rings (SSSR count). The van der Waals surface area contributed by atoms with Gasteiger partial charge in [-0.15, -0.1) is 0 Å². The van der Waals surface area contributed by atoms with Crippen LogP contribution in [0.3, 0.4) is 0 Å². The molecule has 2 atom stereocenters. The Bertz CT molecular complexity index is 346. The molecule has 0 aliphatic carbocycles. The number of esters is 1. The average molecular weight is 285 g/mol. The van der Waals surface area contributed by atoms with Gasteiger partial charge in [0, 0.05) is 6.04 Å². The Balaban J connectivity index is 2.93. The van der Waals surface area contributed by atoms with E-state index < -0.39 is 17.7 Å². The van der Waals surface area contributed by atoms with Crippen LogP contribution in [0.15, 0.2) is 0 Å². The Labute approximate surface area is 121 Å². The summed E-state index contributed by atoms with van der Waals surface area (Å²) in [6.07, 6.45) is 3.94. The van der Waals surface area contributed by atoms with Crippen molar-refractivity contribution in [3.8, 4) is 0 Å². The first-order chi connectivity index (χ1) is 9.30. The molecule has 1 aliphatic rings. The summed E-state index contributed by atoms with van der Waals surface area (Å²) < 4.78 is 10.3. The Morgan fingerprint density at radius 3 is 2.40 bits per heavy atom. The number of amides is 1. The molecule has 0 N–H and O–H groups in total. The fourth-order valence-electron chi connectivity index (χ4n) is 2.65. The van der Waals surface area contributed by atoms with E-state index in [1.807, 2.05) is 20.8 Å². The molecule has 0 aromatic heterocycles. The van der Waals surface area contributed by atoms with Crippen LogP contribution in [0.25, 0.3) is 0 Å². The zero-order valence-electron chi connectivity index (χ0n) is 13.3. The van der Waals surface area contributed by atoms with E-state index in [2.05, 4.69) is 6.92 Å². The largest absolute Gasteiger partial charge is 0.467 e. The van der Waals surface area contributed by atoms with E-state index in [1.165, 1.54) is 7.11 Å². The molecule has 0 aromatic carbocycles. The number of carbonyl (C=O) groups is 2. The summed E-state index contributed by atoms with van der Waals surface area (Å²) in [7, 11) is 1.36. The van der Waals surface area contributed by atoms with Crippen LogP contribution in [-0.2, 0) is 14.3 Å². The number of piperidine rings is 1. The van der Waals surface area contributed by atoms with Crippen molar-refractivity contribution >= 4 is 12.1 Å². The van der Waals surface area contributed by atoms with Crippen LogP contribution in [0.4, 0.5) is 4.79 Å². The second-order valence-corrected chi connectivity index (χ2v) is 6.30. The summed E-state index contributed by atoms with van der Waals surface area (Å²) in [6, 6.07) is -0.451. The van der Waals surface area contributed by atoms with Gasteiger partial charge in [-0.05, 0) is 46.5 Å². The maximum Gasteiger partial charge on any atom is 0.411 e. The van der Waals surface area contributed by atoms with Crippen LogP contribution in [0, 0.1) is 0 Å². The molecule has 1 saturated heterocycles. The van der Waals surface area contributed by atoms with Gasteiger partial charge in [0.1, 0.15) is 11.6 Å². The van der Waals surface area contributed by atoms with Gasteiger partial charge in [-0.1, -0.05) is 13.3 Å². The van der Waals surface area contributed by atoms with Crippen LogP contribution in [-0.4, -0.2) is 41.8 Å². The average Bonchev–Trinajstić information content (AvgIpc) is 2.35. The predicted octanol–water partition coefficient (Wildman–Crippen LogP) is 3.12. The van der Waals surface area contributed by atoms with E-state index >= 15 is 0 Å². The Morgan fingerprint density at radius 1 is 1.25 bits per heavy atom. The first kappa shape index (κ1) is 16.8. The van der Waals surface area contributed by atoms with Crippen molar-refractivity contribution in [2.45, 2.75) is 77.5 Å². The van der Waals surface area contributed by atoms with Gasteiger partial charge in [-0.2, -0.15) is 0 Å². The molecular weight excluding hydrogens is 258 g/mol. The third kappa shape index (κ3) is 4.39. The quantitative estimate of drug-likeness (QED) is 0.748. The SMILES string of the molecule is CCCC1CCCC(C(=O)OC)N1C(=O)OC(C)(C)C. The molecule has 20 heavy (non-hydrogen) atoms. The molecule has 5 nitrogen and oxygen atoms in total. The van der Waals surface area contributed by atoms with Crippen LogP contribution < -0.4 is 0 Å². The van der Waals surface area contributed by atoms with Crippen LogP contribution in [0.2, 0.25) is 0 Å². The molecule has 0 radical (unpaired) electrons. The van der Waals surface area contributed by atoms with E-state index in [4.69, 9.17) is 9.47 Å². The van der Waals surface area contributed by atoms with Crippen molar-refractivity contribution in [2.75, 3.05) is 7.11 Å². The second kappa shape index (κ2) is 6.95. The van der Waals surface area contributed by atoms with E-state index in [0.29, 0.717) is 6.42 Å². The van der Waals surface area contributed by atoms with Gasteiger partial charge in [0.25, 0.3) is 0 Å². The van der Waals surface area contributed by atoms with Crippen molar-refractivity contribution in [1.29, 1.82) is 0 Å². The number of nitrogens with zero attached hydrogens (tertiary/aromatic N) is 1. The van der Waals surface area contributed by atoms with Gasteiger partial charge in [-0.25, -0.2) is 9.59 Å². The van der Waals surface area contributed by atoms with Crippen molar-refractivity contribution < 1.29 is 19.1 Å². The number of ether oxygens (including phenoxy) is 2. The number of hydrogen-bond acceptors (Lipinski definition) is 4. The summed E-state index contributed by atoms with van der Waals surface area (Å²) in [4.78, 5) is 26.0. The van der Waals surface area contributed by atoms with Gasteiger partial charge < -0.3 is 9.47 Å². The molecule has 2 unspecified atom stereocenters. The van der Waals surface area contributed by atoms with Gasteiger partial charge >= 0.3 is 12.1 Å². The molecule has 0 saturated carbocycles. The minimum Gasteiger partial charge on any atom is -0.467 e. The Hall–Kier alpha value is -1.26. The molecule has 1 heterocycles. The normalized spacial score (nSPS) is 23.4. The topological polar surface area (TPSA) is 55.8 Å². The lowest BCUT2D eigenvalue weighted by Crippen LogP contribution is -2.54. The molecule has 116 valence electrons. The molecule has 1 fully saturated rings. The molecule has 0 spiro atoms. The second-order valence-electron chi connectivity index (χ2n) is 6.30. The van der Waals surface area contributed by atoms with Gasteiger partial charge in [-0.3, -0.25) is 4.90 Å². The smallest absolute Gasteiger partial charge is 0.411 e. The monoisotopic (exact) mass is 285 g/mol. The number of rotatable bonds is 3. The molecular formula is C15H27NO4. The standard InChI is InChI=1S/C15H27NO4/c1-6-8-11-9-7-10-12(13(17)19-5)16(11)14(18)20-15(2,3)4/h11-12H,6-10H2,1-5H3. The third-order valence-corrected chi connectivity index (χ3v) is 3.44.